The van der Waals surface area contributed by atoms with Gasteiger partial charge in [-0.05, 0) is 37.4 Å². The summed E-state index contributed by atoms with van der Waals surface area (Å²) in [6, 6.07) is 7.88. The molecule has 1 heterocycles. The lowest BCUT2D eigenvalue weighted by Gasteiger charge is -2.18. The van der Waals surface area contributed by atoms with E-state index in [0.29, 0.717) is 5.56 Å². The highest BCUT2D eigenvalue weighted by Crippen LogP contribution is 2.31. The fraction of sp³-hybridized carbons (Fsp3) is 0.308. The van der Waals surface area contributed by atoms with E-state index in [9.17, 15) is 5.11 Å². The molecule has 0 spiro atoms. The van der Waals surface area contributed by atoms with Crippen LogP contribution in [0.15, 0.2) is 23.6 Å². The molecule has 2 aromatic rings. The molecule has 2 N–H and O–H groups in total. The highest BCUT2D eigenvalue weighted by Gasteiger charge is 2.12. The largest absolute Gasteiger partial charge is 0.391 e. The van der Waals surface area contributed by atoms with E-state index in [-0.39, 0.29) is 6.04 Å². The van der Waals surface area contributed by atoms with Crippen molar-refractivity contribution < 1.29 is 5.11 Å². The predicted octanol–water partition coefficient (Wildman–Crippen LogP) is 2.95. The van der Waals surface area contributed by atoms with Gasteiger partial charge in [-0.3, -0.25) is 0 Å². The number of anilines is 1. The van der Waals surface area contributed by atoms with Crippen molar-refractivity contribution in [3.63, 3.8) is 0 Å². The molecule has 0 amide bonds. The minimum atomic E-state index is -0.417. The number of hydrogen-bond acceptors (Lipinski definition) is 4. The molecule has 2 atom stereocenters. The van der Waals surface area contributed by atoms with Crippen LogP contribution in [-0.4, -0.2) is 17.3 Å². The third-order valence-corrected chi connectivity index (χ3v) is 3.79. The van der Waals surface area contributed by atoms with Crippen molar-refractivity contribution in [1.29, 1.82) is 5.26 Å². The smallest absolute Gasteiger partial charge is 0.101 e. The average molecular weight is 246 g/mol. The molecule has 1 aromatic heterocycles. The van der Waals surface area contributed by atoms with Crippen LogP contribution in [0.25, 0.3) is 10.1 Å². The first-order chi connectivity index (χ1) is 8.13. The molecule has 88 valence electrons. The number of benzene rings is 1. The second-order valence-electron chi connectivity index (χ2n) is 4.11. The predicted molar refractivity (Wildman–Crippen MR) is 71.3 cm³/mol. The lowest BCUT2D eigenvalue weighted by Crippen LogP contribution is -2.27. The van der Waals surface area contributed by atoms with Gasteiger partial charge in [0, 0.05) is 17.1 Å². The monoisotopic (exact) mass is 246 g/mol. The Kier molecular flexibility index (Phi) is 3.32. The van der Waals surface area contributed by atoms with Gasteiger partial charge >= 0.3 is 0 Å². The Morgan fingerprint density at radius 2 is 2.12 bits per heavy atom. The first-order valence-corrected chi connectivity index (χ1v) is 6.36. The molecule has 3 nitrogen and oxygen atoms in total. The number of nitriles is 1. The zero-order chi connectivity index (χ0) is 12.4. The van der Waals surface area contributed by atoms with Crippen molar-refractivity contribution in [2.24, 2.45) is 0 Å². The van der Waals surface area contributed by atoms with E-state index in [4.69, 9.17) is 5.26 Å². The van der Waals surface area contributed by atoms with Gasteiger partial charge in [-0.25, -0.2) is 0 Å². The Hall–Kier alpha value is -1.57. The molecular weight excluding hydrogens is 232 g/mol. The zero-order valence-electron chi connectivity index (χ0n) is 9.77. The molecule has 0 saturated carbocycles. The maximum atomic E-state index is 9.49. The van der Waals surface area contributed by atoms with Gasteiger partial charge in [0.1, 0.15) is 6.07 Å². The van der Waals surface area contributed by atoms with E-state index in [2.05, 4.69) is 11.4 Å². The summed E-state index contributed by atoms with van der Waals surface area (Å²) in [6.07, 6.45) is -0.417. The second kappa shape index (κ2) is 4.74. The number of aliphatic hydroxyl groups excluding tert-OH is 1. The number of nitrogens with one attached hydrogen (secondary N) is 1. The fourth-order valence-electron chi connectivity index (χ4n) is 1.64. The van der Waals surface area contributed by atoms with Crippen LogP contribution in [0.3, 0.4) is 0 Å². The van der Waals surface area contributed by atoms with E-state index in [1.807, 2.05) is 30.5 Å². The highest BCUT2D eigenvalue weighted by atomic mass is 32.1. The molecule has 0 saturated heterocycles. The van der Waals surface area contributed by atoms with Crippen molar-refractivity contribution in [3.8, 4) is 6.07 Å². The van der Waals surface area contributed by atoms with E-state index in [1.54, 1.807) is 18.3 Å². The van der Waals surface area contributed by atoms with Gasteiger partial charge in [0.05, 0.1) is 16.4 Å². The van der Waals surface area contributed by atoms with E-state index < -0.39 is 6.10 Å². The minimum Gasteiger partial charge on any atom is -0.391 e. The average Bonchev–Trinajstić information content (AvgIpc) is 2.78. The summed E-state index contributed by atoms with van der Waals surface area (Å²) in [4.78, 5) is 0. The summed E-state index contributed by atoms with van der Waals surface area (Å²) in [7, 11) is 0. The minimum absolute atomic E-state index is 0.0222. The van der Waals surface area contributed by atoms with Crippen molar-refractivity contribution in [1.82, 2.24) is 0 Å². The van der Waals surface area contributed by atoms with Crippen LogP contribution in [0, 0.1) is 11.3 Å². The summed E-state index contributed by atoms with van der Waals surface area (Å²) < 4.78 is 0.996. The van der Waals surface area contributed by atoms with Crippen LogP contribution in [0.1, 0.15) is 19.4 Å². The van der Waals surface area contributed by atoms with Crippen LogP contribution < -0.4 is 5.32 Å². The van der Waals surface area contributed by atoms with Crippen LogP contribution >= 0.6 is 11.3 Å². The number of rotatable bonds is 3. The number of aliphatic hydroxyl groups is 1. The summed E-state index contributed by atoms with van der Waals surface area (Å²) >= 11 is 1.56. The number of thiophene rings is 1. The molecule has 0 aliphatic rings. The third-order valence-electron chi connectivity index (χ3n) is 2.84. The van der Waals surface area contributed by atoms with Gasteiger partial charge in [0.15, 0.2) is 0 Å². The van der Waals surface area contributed by atoms with Gasteiger partial charge in [0.2, 0.25) is 0 Å². The molecule has 4 heteroatoms. The molecule has 0 aliphatic heterocycles. The third kappa shape index (κ3) is 2.26. The normalized spacial score (nSPS) is 14.2. The zero-order valence-corrected chi connectivity index (χ0v) is 10.6. The molecule has 0 fully saturated rings. The van der Waals surface area contributed by atoms with Crippen molar-refractivity contribution in [3.05, 3.63) is 29.1 Å². The summed E-state index contributed by atoms with van der Waals surface area (Å²) in [5, 5.41) is 24.8. The first kappa shape index (κ1) is 11.9. The van der Waals surface area contributed by atoms with E-state index >= 15 is 0 Å². The second-order valence-corrected chi connectivity index (χ2v) is 5.03. The maximum Gasteiger partial charge on any atom is 0.101 e. The number of fused-ring (bicyclic) bond motifs is 1. The van der Waals surface area contributed by atoms with Crippen LogP contribution in [-0.2, 0) is 0 Å². The molecular formula is C13H14N2OS. The molecule has 2 rings (SSSR count). The molecule has 0 aliphatic carbocycles. The van der Waals surface area contributed by atoms with Gasteiger partial charge < -0.3 is 10.4 Å². The molecule has 0 unspecified atom stereocenters. The molecule has 1 aromatic carbocycles. The van der Waals surface area contributed by atoms with Crippen molar-refractivity contribution >= 4 is 27.1 Å². The van der Waals surface area contributed by atoms with Crippen LogP contribution in [0.5, 0.6) is 0 Å². The first-order valence-electron chi connectivity index (χ1n) is 5.48. The van der Waals surface area contributed by atoms with Crippen LogP contribution in [0.4, 0.5) is 5.69 Å². The SMILES string of the molecule is C[C@H](O)[C@H](C)Nc1ccc(C#N)c2sccc12. The summed E-state index contributed by atoms with van der Waals surface area (Å²) in [6.45, 7) is 3.69. The van der Waals surface area contributed by atoms with Crippen LogP contribution in [0.2, 0.25) is 0 Å². The standard InChI is InChI=1S/C13H14N2OS/c1-8(9(2)16)15-12-4-3-10(7-14)13-11(12)5-6-17-13/h3-6,8-9,15-16H,1-2H3/t8-,9-/m0/s1. The lowest BCUT2D eigenvalue weighted by molar-refractivity contribution is 0.178. The maximum absolute atomic E-state index is 9.49. The van der Waals surface area contributed by atoms with E-state index in [0.717, 1.165) is 15.8 Å². The van der Waals surface area contributed by atoms with Gasteiger partial charge in [-0.1, -0.05) is 0 Å². The number of nitrogens with zero attached hydrogens (tertiary/aromatic N) is 1. The highest BCUT2D eigenvalue weighted by molar-refractivity contribution is 7.17. The van der Waals surface area contributed by atoms with Crippen molar-refractivity contribution in [2.45, 2.75) is 26.0 Å². The van der Waals surface area contributed by atoms with E-state index in [1.165, 1.54) is 0 Å². The molecule has 0 radical (unpaired) electrons. The Morgan fingerprint density at radius 3 is 2.76 bits per heavy atom. The number of hydrogen-bond donors (Lipinski definition) is 2. The van der Waals surface area contributed by atoms with Gasteiger partial charge in [-0.15, -0.1) is 11.3 Å². The Balaban J connectivity index is 2.43. The topological polar surface area (TPSA) is 56.0 Å². The van der Waals surface area contributed by atoms with Gasteiger partial charge in [0.25, 0.3) is 0 Å². The Bertz CT molecular complexity index is 568. The Labute approximate surface area is 104 Å². The molecule has 0 bridgehead atoms. The summed E-state index contributed by atoms with van der Waals surface area (Å²) in [5.41, 5.74) is 1.67. The summed E-state index contributed by atoms with van der Waals surface area (Å²) in [5.74, 6) is 0. The quantitative estimate of drug-likeness (QED) is 0.875. The fourth-order valence-corrected chi connectivity index (χ4v) is 2.53. The van der Waals surface area contributed by atoms with Gasteiger partial charge in [-0.2, -0.15) is 5.26 Å². The lowest BCUT2D eigenvalue weighted by atomic mass is 10.1. The Morgan fingerprint density at radius 1 is 1.35 bits per heavy atom. The van der Waals surface area contributed by atoms with Crippen molar-refractivity contribution in [2.75, 3.05) is 5.32 Å². The molecule has 17 heavy (non-hydrogen) atoms.